The van der Waals surface area contributed by atoms with Crippen LogP contribution in [0.15, 0.2) is 29.5 Å². The van der Waals surface area contributed by atoms with Gasteiger partial charge in [-0.2, -0.15) is 4.68 Å². The summed E-state index contributed by atoms with van der Waals surface area (Å²) in [7, 11) is 0. The lowest BCUT2D eigenvalue weighted by Gasteiger charge is -2.27. The van der Waals surface area contributed by atoms with Gasteiger partial charge in [-0.3, -0.25) is 0 Å². The Hall–Kier alpha value is -2.84. The van der Waals surface area contributed by atoms with Gasteiger partial charge in [-0.25, -0.2) is 13.6 Å². The van der Waals surface area contributed by atoms with Gasteiger partial charge in [-0.05, 0) is 42.0 Å². The third-order valence-electron chi connectivity index (χ3n) is 3.47. The minimum atomic E-state index is -1.02. The number of fused-ring (bicyclic) bond motifs is 1. The van der Waals surface area contributed by atoms with Crippen molar-refractivity contribution in [3.8, 4) is 0 Å². The second kappa shape index (κ2) is 5.75. The molecule has 1 aromatic carbocycles. The van der Waals surface area contributed by atoms with Crippen LogP contribution < -0.4 is 5.32 Å². The third kappa shape index (κ3) is 2.54. The second-order valence-electron chi connectivity index (χ2n) is 4.91. The number of hydrogen-bond donors (Lipinski definition) is 1. The summed E-state index contributed by atoms with van der Waals surface area (Å²) in [5.74, 6) is -2.27. The summed E-state index contributed by atoms with van der Waals surface area (Å²) in [5.41, 5.74) is 1.06. The van der Waals surface area contributed by atoms with Crippen LogP contribution in [0.25, 0.3) is 0 Å². The smallest absolute Gasteiger partial charge is 0.338 e. The molecule has 1 aliphatic rings. The van der Waals surface area contributed by atoms with Crippen molar-refractivity contribution in [2.45, 2.75) is 19.9 Å². The van der Waals surface area contributed by atoms with Crippen LogP contribution in [0.3, 0.4) is 0 Å². The first-order chi connectivity index (χ1) is 11.0. The highest BCUT2D eigenvalue weighted by Gasteiger charge is 2.35. The van der Waals surface area contributed by atoms with Crippen molar-refractivity contribution in [3.63, 3.8) is 0 Å². The van der Waals surface area contributed by atoms with Crippen molar-refractivity contribution in [1.82, 2.24) is 20.2 Å². The Balaban J connectivity index is 2.16. The van der Waals surface area contributed by atoms with Crippen LogP contribution in [0.2, 0.25) is 0 Å². The number of nitrogens with one attached hydrogen (secondary N) is 1. The predicted octanol–water partition coefficient (Wildman–Crippen LogP) is 1.80. The molecule has 1 N–H and O–H groups in total. The Bertz CT molecular complexity index is 802. The Kier molecular flexibility index (Phi) is 3.77. The van der Waals surface area contributed by atoms with Gasteiger partial charge < -0.3 is 10.1 Å². The number of rotatable bonds is 3. The van der Waals surface area contributed by atoms with E-state index in [1.807, 2.05) is 0 Å². The molecule has 0 fully saturated rings. The Morgan fingerprint density at radius 3 is 2.87 bits per heavy atom. The predicted molar refractivity (Wildman–Crippen MR) is 75.3 cm³/mol. The topological polar surface area (TPSA) is 81.9 Å². The minimum absolute atomic E-state index is 0.183. The summed E-state index contributed by atoms with van der Waals surface area (Å²) in [5, 5.41) is 14.1. The number of carbonyl (C=O) groups is 1. The first-order valence-electron chi connectivity index (χ1n) is 6.90. The molecule has 0 radical (unpaired) electrons. The molecule has 23 heavy (non-hydrogen) atoms. The molecule has 9 heteroatoms. The molecule has 1 aliphatic heterocycles. The summed E-state index contributed by atoms with van der Waals surface area (Å²) >= 11 is 0. The number of benzene rings is 1. The first-order valence-corrected chi connectivity index (χ1v) is 6.90. The summed E-state index contributed by atoms with van der Waals surface area (Å²) in [4.78, 5) is 12.3. The third-order valence-corrected chi connectivity index (χ3v) is 3.47. The molecular weight excluding hydrogens is 308 g/mol. The SMILES string of the molecule is CCOC(=O)C1=C(C)Nc2nnnn2[C@H]1c1ccc(F)c(F)c1. The van der Waals surface area contributed by atoms with Crippen LogP contribution in [0.5, 0.6) is 0 Å². The zero-order valence-electron chi connectivity index (χ0n) is 12.4. The van der Waals surface area contributed by atoms with Gasteiger partial charge >= 0.3 is 5.97 Å². The van der Waals surface area contributed by atoms with Gasteiger partial charge in [-0.1, -0.05) is 11.2 Å². The molecule has 120 valence electrons. The van der Waals surface area contributed by atoms with Crippen molar-refractivity contribution in [3.05, 3.63) is 46.7 Å². The van der Waals surface area contributed by atoms with E-state index in [0.717, 1.165) is 12.1 Å². The van der Waals surface area contributed by atoms with Crippen molar-refractivity contribution in [2.75, 3.05) is 11.9 Å². The number of aromatic nitrogens is 4. The van der Waals surface area contributed by atoms with Gasteiger partial charge in [0.1, 0.15) is 6.04 Å². The number of allylic oxidation sites excluding steroid dienone is 1. The normalized spacial score (nSPS) is 16.8. The second-order valence-corrected chi connectivity index (χ2v) is 4.91. The minimum Gasteiger partial charge on any atom is -0.463 e. The maximum atomic E-state index is 13.6. The van der Waals surface area contributed by atoms with Crippen LogP contribution in [-0.4, -0.2) is 32.8 Å². The van der Waals surface area contributed by atoms with E-state index in [-0.39, 0.29) is 12.2 Å². The number of carbonyl (C=O) groups excluding carboxylic acids is 1. The highest BCUT2D eigenvalue weighted by molar-refractivity contribution is 5.92. The lowest BCUT2D eigenvalue weighted by atomic mass is 9.95. The average Bonchev–Trinajstić information content (AvgIpc) is 2.96. The molecule has 2 heterocycles. The molecule has 0 saturated carbocycles. The number of tetrazole rings is 1. The van der Waals surface area contributed by atoms with E-state index in [0.29, 0.717) is 17.2 Å². The summed E-state index contributed by atoms with van der Waals surface area (Å²) in [6, 6.07) is 2.58. The van der Waals surface area contributed by atoms with Crippen LogP contribution in [0, 0.1) is 11.6 Å². The fourth-order valence-electron chi connectivity index (χ4n) is 2.48. The van der Waals surface area contributed by atoms with Gasteiger partial charge in [0, 0.05) is 5.70 Å². The number of nitrogens with zero attached hydrogens (tertiary/aromatic N) is 4. The molecule has 0 unspecified atom stereocenters. The van der Waals surface area contributed by atoms with Crippen molar-refractivity contribution < 1.29 is 18.3 Å². The highest BCUT2D eigenvalue weighted by atomic mass is 19.2. The van der Waals surface area contributed by atoms with Gasteiger partial charge in [0.05, 0.1) is 12.2 Å². The average molecular weight is 321 g/mol. The number of anilines is 1. The van der Waals surface area contributed by atoms with E-state index in [1.165, 1.54) is 10.7 Å². The Morgan fingerprint density at radius 1 is 1.39 bits per heavy atom. The van der Waals surface area contributed by atoms with Crippen molar-refractivity contribution in [2.24, 2.45) is 0 Å². The largest absolute Gasteiger partial charge is 0.463 e. The van der Waals surface area contributed by atoms with Gasteiger partial charge in [-0.15, -0.1) is 0 Å². The van der Waals surface area contributed by atoms with Crippen LogP contribution in [0.1, 0.15) is 25.5 Å². The molecule has 7 nitrogen and oxygen atoms in total. The van der Waals surface area contributed by atoms with E-state index in [9.17, 15) is 13.6 Å². The molecule has 0 spiro atoms. The number of esters is 1. The Morgan fingerprint density at radius 2 is 2.17 bits per heavy atom. The Labute approximate surface area is 129 Å². The lowest BCUT2D eigenvalue weighted by Crippen LogP contribution is -2.29. The van der Waals surface area contributed by atoms with Gasteiger partial charge in [0.25, 0.3) is 0 Å². The molecule has 3 rings (SSSR count). The summed E-state index contributed by atoms with van der Waals surface area (Å²) in [6.07, 6.45) is 0. The summed E-state index contributed by atoms with van der Waals surface area (Å²) in [6.45, 7) is 3.53. The van der Waals surface area contributed by atoms with E-state index in [2.05, 4.69) is 20.8 Å². The molecule has 0 amide bonds. The van der Waals surface area contributed by atoms with Crippen LogP contribution >= 0.6 is 0 Å². The molecule has 0 saturated heterocycles. The van der Waals surface area contributed by atoms with E-state index >= 15 is 0 Å². The molecule has 0 aliphatic carbocycles. The maximum absolute atomic E-state index is 13.6. The molecule has 1 atom stereocenters. The molecule has 1 aromatic heterocycles. The zero-order valence-corrected chi connectivity index (χ0v) is 12.4. The van der Waals surface area contributed by atoms with Crippen molar-refractivity contribution in [1.29, 1.82) is 0 Å². The fourth-order valence-corrected chi connectivity index (χ4v) is 2.48. The summed E-state index contributed by atoms with van der Waals surface area (Å²) < 4.78 is 33.2. The molecule has 0 bridgehead atoms. The molecule has 2 aromatic rings. The number of ether oxygens (including phenoxy) is 1. The number of halogens is 2. The first kappa shape index (κ1) is 15.1. The van der Waals surface area contributed by atoms with E-state index in [1.54, 1.807) is 13.8 Å². The van der Waals surface area contributed by atoms with E-state index < -0.39 is 23.6 Å². The van der Waals surface area contributed by atoms with Crippen molar-refractivity contribution >= 4 is 11.9 Å². The zero-order chi connectivity index (χ0) is 16.6. The maximum Gasteiger partial charge on any atom is 0.338 e. The monoisotopic (exact) mass is 321 g/mol. The quantitative estimate of drug-likeness (QED) is 0.868. The molecular formula is C14H13F2N5O2. The highest BCUT2D eigenvalue weighted by Crippen LogP contribution is 2.35. The fraction of sp³-hybridized carbons (Fsp3) is 0.286. The van der Waals surface area contributed by atoms with Crippen LogP contribution in [0.4, 0.5) is 14.7 Å². The van der Waals surface area contributed by atoms with Gasteiger partial charge in [0.15, 0.2) is 11.6 Å². The van der Waals surface area contributed by atoms with E-state index in [4.69, 9.17) is 4.74 Å². The standard InChI is InChI=1S/C14H13F2N5O2/c1-3-23-13(22)11-7(2)17-14-18-19-20-21(14)12(11)8-4-5-9(15)10(16)6-8/h4-6,12H,3H2,1-2H3,(H,17,18,20)/t12-/m0/s1. The number of hydrogen-bond acceptors (Lipinski definition) is 6. The van der Waals surface area contributed by atoms with Gasteiger partial charge in [0.2, 0.25) is 5.95 Å². The van der Waals surface area contributed by atoms with Crippen LogP contribution in [-0.2, 0) is 9.53 Å². The lowest BCUT2D eigenvalue weighted by molar-refractivity contribution is -0.139.